The van der Waals surface area contributed by atoms with Gasteiger partial charge in [-0.1, -0.05) is 0 Å². The van der Waals surface area contributed by atoms with Gasteiger partial charge in [0, 0.05) is 32.2 Å². The van der Waals surface area contributed by atoms with Crippen molar-refractivity contribution in [3.05, 3.63) is 47.5 Å². The Hall–Kier alpha value is -1.90. The molecule has 1 fully saturated rings. The Morgan fingerprint density at radius 3 is 3.00 bits per heavy atom. The number of ether oxygens (including phenoxy) is 1. The number of benzene rings is 1. The molecule has 2 heterocycles. The topological polar surface area (TPSA) is 63.4 Å². The normalized spacial score (nSPS) is 20.6. The summed E-state index contributed by atoms with van der Waals surface area (Å²) in [6.07, 6.45) is 0.221. The first-order valence-corrected chi connectivity index (χ1v) is 7.35. The lowest BCUT2D eigenvalue weighted by molar-refractivity contribution is -0.0476. The summed E-state index contributed by atoms with van der Waals surface area (Å²) in [4.78, 5) is 1.94. The van der Waals surface area contributed by atoms with Crippen molar-refractivity contribution >= 4 is 0 Å². The molecule has 0 saturated carbocycles. The smallest absolute Gasteiger partial charge is 0.163 e. The highest BCUT2D eigenvalue weighted by atomic mass is 19.1. The molecule has 23 heavy (non-hydrogen) atoms. The molecule has 0 radical (unpaired) electrons. The third-order valence-electron chi connectivity index (χ3n) is 3.93. The number of β-amino-alcohol motifs (C(OH)–C–C–N with tert-alkyl or cyclic N) is 1. The molecule has 0 unspecified atom stereocenters. The Morgan fingerprint density at radius 1 is 1.43 bits per heavy atom. The summed E-state index contributed by atoms with van der Waals surface area (Å²) in [5.41, 5.74) is -0.0355. The van der Waals surface area contributed by atoms with Crippen molar-refractivity contribution in [2.24, 2.45) is 7.05 Å². The molecule has 1 aliphatic rings. The fraction of sp³-hybridized carbons (Fsp3) is 0.467. The third kappa shape index (κ3) is 3.54. The lowest BCUT2D eigenvalue weighted by Crippen LogP contribution is -2.41. The van der Waals surface area contributed by atoms with E-state index in [2.05, 4.69) is 10.2 Å². The van der Waals surface area contributed by atoms with Gasteiger partial charge in [-0.25, -0.2) is 8.78 Å². The maximum absolute atomic E-state index is 13.7. The van der Waals surface area contributed by atoms with E-state index in [0.29, 0.717) is 25.5 Å². The van der Waals surface area contributed by atoms with Gasteiger partial charge >= 0.3 is 0 Å². The molecular formula is C15H18F2N4O2. The van der Waals surface area contributed by atoms with Crippen molar-refractivity contribution in [3.8, 4) is 0 Å². The largest absolute Gasteiger partial charge is 0.387 e. The first-order chi connectivity index (χ1) is 11.0. The van der Waals surface area contributed by atoms with Crippen molar-refractivity contribution in [2.45, 2.75) is 12.2 Å². The van der Waals surface area contributed by atoms with E-state index < -0.39 is 17.7 Å². The Balaban J connectivity index is 1.68. The van der Waals surface area contributed by atoms with Crippen molar-refractivity contribution in [3.63, 3.8) is 0 Å². The van der Waals surface area contributed by atoms with E-state index in [9.17, 15) is 13.9 Å². The Bertz CT molecular complexity index is 679. The van der Waals surface area contributed by atoms with Crippen LogP contribution in [0, 0.1) is 11.6 Å². The summed E-state index contributed by atoms with van der Waals surface area (Å²) >= 11 is 0. The minimum Gasteiger partial charge on any atom is -0.387 e. The summed E-state index contributed by atoms with van der Waals surface area (Å²) < 4.78 is 34.4. The molecule has 1 saturated heterocycles. The molecular weight excluding hydrogens is 306 g/mol. The van der Waals surface area contributed by atoms with Crippen LogP contribution in [0.25, 0.3) is 0 Å². The SMILES string of the molecule is Cn1cnnc1[C@H]1CN(C[C@@H](O)c2cc(F)ccc2F)CCO1. The molecule has 0 bridgehead atoms. The van der Waals surface area contributed by atoms with E-state index in [1.807, 2.05) is 11.9 Å². The molecule has 2 atom stereocenters. The standard InChI is InChI=1S/C15H18F2N4O2/c1-20-9-18-19-15(20)14-8-21(4-5-23-14)7-13(22)11-6-10(16)2-3-12(11)17/h2-3,6,9,13-14,22H,4-5,7-8H2,1H3/t13-,14-/m1/s1. The lowest BCUT2D eigenvalue weighted by Gasteiger charge is -2.33. The van der Waals surface area contributed by atoms with Gasteiger partial charge < -0.3 is 14.4 Å². The van der Waals surface area contributed by atoms with Crippen molar-refractivity contribution in [1.29, 1.82) is 0 Å². The molecule has 1 aromatic heterocycles. The number of aliphatic hydroxyl groups is 1. The summed E-state index contributed by atoms with van der Waals surface area (Å²) in [5.74, 6) is -0.488. The minimum absolute atomic E-state index is 0.0355. The monoisotopic (exact) mass is 324 g/mol. The highest BCUT2D eigenvalue weighted by molar-refractivity contribution is 5.21. The van der Waals surface area contributed by atoms with Crippen LogP contribution >= 0.6 is 0 Å². The van der Waals surface area contributed by atoms with E-state index in [-0.39, 0.29) is 18.2 Å². The Labute approximate surface area is 132 Å². The number of aryl methyl sites for hydroxylation is 1. The van der Waals surface area contributed by atoms with Crippen LogP contribution in [-0.2, 0) is 11.8 Å². The second-order valence-electron chi connectivity index (χ2n) is 5.60. The van der Waals surface area contributed by atoms with E-state index in [1.54, 1.807) is 10.9 Å². The molecule has 0 amide bonds. The van der Waals surface area contributed by atoms with Gasteiger partial charge in [0.1, 0.15) is 24.1 Å². The number of aliphatic hydroxyl groups excluding tert-OH is 1. The molecule has 2 aromatic rings. The Morgan fingerprint density at radius 2 is 2.26 bits per heavy atom. The van der Waals surface area contributed by atoms with E-state index >= 15 is 0 Å². The van der Waals surface area contributed by atoms with E-state index in [1.165, 1.54) is 0 Å². The number of aromatic nitrogens is 3. The Kier molecular flexibility index (Phi) is 4.65. The van der Waals surface area contributed by atoms with Crippen molar-refractivity contribution in [2.75, 3.05) is 26.2 Å². The fourth-order valence-electron chi connectivity index (χ4n) is 2.72. The minimum atomic E-state index is -1.11. The second kappa shape index (κ2) is 6.69. The maximum atomic E-state index is 13.7. The zero-order valence-electron chi connectivity index (χ0n) is 12.7. The summed E-state index contributed by atoms with van der Waals surface area (Å²) in [7, 11) is 1.83. The molecule has 3 rings (SSSR count). The van der Waals surface area contributed by atoms with E-state index in [0.717, 1.165) is 18.2 Å². The van der Waals surface area contributed by atoms with E-state index in [4.69, 9.17) is 4.74 Å². The quantitative estimate of drug-likeness (QED) is 0.916. The van der Waals surface area contributed by atoms with Crippen molar-refractivity contribution < 1.29 is 18.6 Å². The van der Waals surface area contributed by atoms with Gasteiger partial charge in [-0.05, 0) is 18.2 Å². The van der Waals surface area contributed by atoms with Crippen LogP contribution in [0.3, 0.4) is 0 Å². The highest BCUT2D eigenvalue weighted by Crippen LogP contribution is 2.24. The molecule has 1 N–H and O–H groups in total. The highest BCUT2D eigenvalue weighted by Gasteiger charge is 2.27. The average molecular weight is 324 g/mol. The van der Waals surface area contributed by atoms with Crippen LogP contribution in [0.5, 0.6) is 0 Å². The molecule has 0 aliphatic carbocycles. The van der Waals surface area contributed by atoms with Crippen LogP contribution in [0.2, 0.25) is 0 Å². The van der Waals surface area contributed by atoms with Gasteiger partial charge in [0.05, 0.1) is 12.7 Å². The molecule has 8 heteroatoms. The summed E-state index contributed by atoms with van der Waals surface area (Å²) in [5, 5.41) is 18.1. The van der Waals surface area contributed by atoms with Crippen molar-refractivity contribution in [1.82, 2.24) is 19.7 Å². The zero-order chi connectivity index (χ0) is 16.4. The van der Waals surface area contributed by atoms with Gasteiger partial charge in [-0.3, -0.25) is 4.90 Å². The van der Waals surface area contributed by atoms with Crippen LogP contribution in [0.1, 0.15) is 23.6 Å². The number of morpholine rings is 1. The summed E-state index contributed by atoms with van der Waals surface area (Å²) in [6, 6.07) is 3.08. The molecule has 0 spiro atoms. The number of halogens is 2. The second-order valence-corrected chi connectivity index (χ2v) is 5.60. The van der Waals surface area contributed by atoms with Gasteiger partial charge in [0.15, 0.2) is 5.82 Å². The number of hydrogen-bond donors (Lipinski definition) is 1. The van der Waals surface area contributed by atoms with Gasteiger partial charge in [0.25, 0.3) is 0 Å². The number of rotatable bonds is 4. The third-order valence-corrected chi connectivity index (χ3v) is 3.93. The number of nitrogens with zero attached hydrogens (tertiary/aromatic N) is 4. The maximum Gasteiger partial charge on any atom is 0.163 e. The van der Waals surface area contributed by atoms with Gasteiger partial charge in [-0.2, -0.15) is 0 Å². The summed E-state index contributed by atoms with van der Waals surface area (Å²) in [6.45, 7) is 1.76. The van der Waals surface area contributed by atoms with Gasteiger partial charge in [-0.15, -0.1) is 10.2 Å². The fourth-order valence-corrected chi connectivity index (χ4v) is 2.72. The first-order valence-electron chi connectivity index (χ1n) is 7.35. The predicted octanol–water partition coefficient (Wildman–Crippen LogP) is 1.20. The van der Waals surface area contributed by atoms with Crippen LogP contribution in [0.15, 0.2) is 24.5 Å². The zero-order valence-corrected chi connectivity index (χ0v) is 12.7. The van der Waals surface area contributed by atoms with Gasteiger partial charge in [0.2, 0.25) is 0 Å². The van der Waals surface area contributed by atoms with Crippen LogP contribution < -0.4 is 0 Å². The number of hydrogen-bond acceptors (Lipinski definition) is 5. The average Bonchev–Trinajstić information content (AvgIpc) is 2.96. The first kappa shape index (κ1) is 16.0. The van der Waals surface area contributed by atoms with Crippen LogP contribution in [-0.4, -0.2) is 51.0 Å². The molecule has 6 nitrogen and oxygen atoms in total. The lowest BCUT2D eigenvalue weighted by atomic mass is 10.1. The molecule has 1 aliphatic heterocycles. The predicted molar refractivity (Wildman–Crippen MR) is 77.5 cm³/mol. The van der Waals surface area contributed by atoms with Crippen LogP contribution in [0.4, 0.5) is 8.78 Å². The molecule has 124 valence electrons. The molecule has 1 aromatic carbocycles.